The van der Waals surface area contributed by atoms with Crippen molar-refractivity contribution in [1.82, 2.24) is 14.9 Å². The van der Waals surface area contributed by atoms with Gasteiger partial charge in [0.1, 0.15) is 11.5 Å². The van der Waals surface area contributed by atoms with Gasteiger partial charge in [0.2, 0.25) is 0 Å². The van der Waals surface area contributed by atoms with Crippen LogP contribution in [-0.4, -0.2) is 33.9 Å². The second-order valence-corrected chi connectivity index (χ2v) is 7.08. The molecule has 1 saturated heterocycles. The van der Waals surface area contributed by atoms with E-state index in [1.54, 1.807) is 6.07 Å². The number of oxazole rings is 1. The number of benzene rings is 1. The summed E-state index contributed by atoms with van der Waals surface area (Å²) in [6, 6.07) is 15.8. The zero-order valence-electron chi connectivity index (χ0n) is 15.5. The molecule has 1 fully saturated rings. The van der Waals surface area contributed by atoms with Gasteiger partial charge in [-0.25, -0.2) is 9.97 Å². The van der Waals surface area contributed by atoms with E-state index in [4.69, 9.17) is 4.42 Å². The minimum Gasteiger partial charge on any atom is -0.445 e. The fourth-order valence-electron chi connectivity index (χ4n) is 3.58. The van der Waals surface area contributed by atoms with Gasteiger partial charge in [0, 0.05) is 25.2 Å². The molecule has 0 aliphatic carbocycles. The summed E-state index contributed by atoms with van der Waals surface area (Å²) in [7, 11) is 0. The first kappa shape index (κ1) is 17.5. The Morgan fingerprint density at radius 1 is 1.19 bits per heavy atom. The molecule has 5 nitrogen and oxygen atoms in total. The maximum Gasteiger partial charge on any atom is 0.272 e. The Hall–Kier alpha value is -2.95. The molecule has 3 heterocycles. The molecule has 5 heteroatoms. The highest BCUT2D eigenvalue weighted by Gasteiger charge is 2.29. The molecule has 2 aromatic heterocycles. The lowest BCUT2D eigenvalue weighted by Crippen LogP contribution is -2.39. The van der Waals surface area contributed by atoms with Crippen LogP contribution < -0.4 is 0 Å². The van der Waals surface area contributed by atoms with Gasteiger partial charge in [0.15, 0.2) is 5.89 Å². The predicted octanol–water partition coefficient (Wildman–Crippen LogP) is 3.99. The molecule has 27 heavy (non-hydrogen) atoms. The highest BCUT2D eigenvalue weighted by Crippen LogP contribution is 2.28. The number of amides is 1. The number of pyridine rings is 1. The molecule has 0 bridgehead atoms. The van der Waals surface area contributed by atoms with E-state index in [1.807, 2.05) is 48.4 Å². The van der Waals surface area contributed by atoms with Crippen LogP contribution in [0.1, 0.15) is 52.2 Å². The van der Waals surface area contributed by atoms with E-state index in [-0.39, 0.29) is 11.8 Å². The SMILES string of the molecule is Cc1cccc(C(=O)N2CCC[C@H](c3ncc(Cc4ccccc4)o3)C2)n1. The molecular formula is C22H23N3O2. The number of likely N-dealkylation sites (tertiary alicyclic amines) is 1. The van der Waals surface area contributed by atoms with Crippen LogP contribution in [0.4, 0.5) is 0 Å². The van der Waals surface area contributed by atoms with Gasteiger partial charge in [-0.2, -0.15) is 0 Å². The van der Waals surface area contributed by atoms with Gasteiger partial charge in [-0.3, -0.25) is 4.79 Å². The first-order chi connectivity index (χ1) is 13.2. The van der Waals surface area contributed by atoms with Crippen molar-refractivity contribution in [1.29, 1.82) is 0 Å². The van der Waals surface area contributed by atoms with E-state index in [9.17, 15) is 4.79 Å². The number of rotatable bonds is 4. The van der Waals surface area contributed by atoms with Crippen LogP contribution in [0.2, 0.25) is 0 Å². The van der Waals surface area contributed by atoms with E-state index in [2.05, 4.69) is 22.1 Å². The summed E-state index contributed by atoms with van der Waals surface area (Å²) in [6.07, 6.45) is 4.47. The quantitative estimate of drug-likeness (QED) is 0.705. The van der Waals surface area contributed by atoms with Crippen LogP contribution in [-0.2, 0) is 6.42 Å². The Morgan fingerprint density at radius 3 is 2.85 bits per heavy atom. The smallest absolute Gasteiger partial charge is 0.272 e. The average molecular weight is 361 g/mol. The molecule has 0 N–H and O–H groups in total. The molecule has 0 unspecified atom stereocenters. The van der Waals surface area contributed by atoms with E-state index in [0.29, 0.717) is 12.2 Å². The Balaban J connectivity index is 1.45. The molecule has 3 aromatic rings. The third-order valence-corrected chi connectivity index (χ3v) is 4.96. The second-order valence-electron chi connectivity index (χ2n) is 7.08. The summed E-state index contributed by atoms with van der Waals surface area (Å²) in [5.41, 5.74) is 2.56. The van der Waals surface area contributed by atoms with E-state index >= 15 is 0 Å². The zero-order chi connectivity index (χ0) is 18.6. The van der Waals surface area contributed by atoms with Crippen molar-refractivity contribution < 1.29 is 9.21 Å². The first-order valence-electron chi connectivity index (χ1n) is 9.40. The summed E-state index contributed by atoms with van der Waals surface area (Å²) in [4.78, 5) is 23.5. The number of aryl methyl sites for hydroxylation is 1. The molecule has 1 amide bonds. The summed E-state index contributed by atoms with van der Waals surface area (Å²) in [5, 5.41) is 0. The van der Waals surface area contributed by atoms with Gasteiger partial charge in [-0.15, -0.1) is 0 Å². The Kier molecular flexibility index (Phi) is 5.01. The van der Waals surface area contributed by atoms with Crippen molar-refractivity contribution in [3.8, 4) is 0 Å². The molecule has 0 spiro atoms. The van der Waals surface area contributed by atoms with E-state index in [0.717, 1.165) is 43.2 Å². The van der Waals surface area contributed by atoms with Crippen LogP contribution >= 0.6 is 0 Å². The van der Waals surface area contributed by atoms with Gasteiger partial charge in [0.05, 0.1) is 12.1 Å². The lowest BCUT2D eigenvalue weighted by atomic mass is 9.97. The summed E-state index contributed by atoms with van der Waals surface area (Å²) in [5.74, 6) is 1.71. The average Bonchev–Trinajstić information content (AvgIpc) is 3.17. The number of nitrogens with zero attached hydrogens (tertiary/aromatic N) is 3. The van der Waals surface area contributed by atoms with Gasteiger partial charge < -0.3 is 9.32 Å². The normalized spacial score (nSPS) is 17.1. The number of hydrogen-bond donors (Lipinski definition) is 0. The fraction of sp³-hybridized carbons (Fsp3) is 0.318. The van der Waals surface area contributed by atoms with Crippen LogP contribution in [0.3, 0.4) is 0 Å². The highest BCUT2D eigenvalue weighted by molar-refractivity contribution is 5.92. The predicted molar refractivity (Wildman–Crippen MR) is 103 cm³/mol. The third-order valence-electron chi connectivity index (χ3n) is 4.96. The van der Waals surface area contributed by atoms with Crippen molar-refractivity contribution >= 4 is 5.91 Å². The van der Waals surface area contributed by atoms with Gasteiger partial charge >= 0.3 is 0 Å². The Morgan fingerprint density at radius 2 is 2.04 bits per heavy atom. The van der Waals surface area contributed by atoms with Crippen LogP contribution in [0.5, 0.6) is 0 Å². The number of carbonyl (C=O) groups excluding carboxylic acids is 1. The summed E-state index contributed by atoms with van der Waals surface area (Å²) >= 11 is 0. The minimum atomic E-state index is -0.0144. The Labute approximate surface area is 159 Å². The third kappa shape index (κ3) is 4.08. The summed E-state index contributed by atoms with van der Waals surface area (Å²) in [6.45, 7) is 3.28. The van der Waals surface area contributed by atoms with Crippen LogP contribution in [0.25, 0.3) is 0 Å². The first-order valence-corrected chi connectivity index (χ1v) is 9.40. The van der Waals surface area contributed by atoms with Crippen molar-refractivity contribution in [2.45, 2.75) is 32.1 Å². The molecule has 138 valence electrons. The summed E-state index contributed by atoms with van der Waals surface area (Å²) < 4.78 is 6.02. The van der Waals surface area contributed by atoms with E-state index in [1.165, 1.54) is 5.56 Å². The number of piperidine rings is 1. The largest absolute Gasteiger partial charge is 0.445 e. The molecule has 1 atom stereocenters. The molecule has 0 saturated carbocycles. The molecule has 1 aliphatic rings. The molecule has 1 aromatic carbocycles. The van der Waals surface area contributed by atoms with Gasteiger partial charge in [-0.1, -0.05) is 36.4 Å². The number of aromatic nitrogens is 2. The number of carbonyl (C=O) groups is 1. The van der Waals surface area contributed by atoms with Gasteiger partial charge in [-0.05, 0) is 37.5 Å². The van der Waals surface area contributed by atoms with Crippen LogP contribution in [0, 0.1) is 6.92 Å². The maximum atomic E-state index is 12.8. The lowest BCUT2D eigenvalue weighted by Gasteiger charge is -2.31. The zero-order valence-corrected chi connectivity index (χ0v) is 15.5. The monoisotopic (exact) mass is 361 g/mol. The minimum absolute atomic E-state index is 0.0144. The molecule has 0 radical (unpaired) electrons. The lowest BCUT2D eigenvalue weighted by molar-refractivity contribution is 0.0691. The fourth-order valence-corrected chi connectivity index (χ4v) is 3.58. The maximum absolute atomic E-state index is 12.8. The van der Waals surface area contributed by atoms with E-state index < -0.39 is 0 Å². The molecule has 4 rings (SSSR count). The molecular weight excluding hydrogens is 338 g/mol. The van der Waals surface area contributed by atoms with Gasteiger partial charge in [0.25, 0.3) is 5.91 Å². The van der Waals surface area contributed by atoms with Crippen LogP contribution in [0.15, 0.2) is 59.1 Å². The standard InChI is InChI=1S/C22H23N3O2/c1-16-7-5-11-20(24-16)22(26)25-12-6-10-18(15-25)21-23-14-19(27-21)13-17-8-3-2-4-9-17/h2-5,7-9,11,14,18H,6,10,12-13,15H2,1H3/t18-/m0/s1. The topological polar surface area (TPSA) is 59.2 Å². The van der Waals surface area contributed by atoms with Crippen molar-refractivity contribution in [2.24, 2.45) is 0 Å². The molecule has 1 aliphatic heterocycles. The number of hydrogen-bond acceptors (Lipinski definition) is 4. The van der Waals surface area contributed by atoms with Crippen molar-refractivity contribution in [3.05, 3.63) is 83.3 Å². The Bertz CT molecular complexity index is 920. The second kappa shape index (κ2) is 7.74. The van der Waals surface area contributed by atoms with Crippen molar-refractivity contribution in [2.75, 3.05) is 13.1 Å². The van der Waals surface area contributed by atoms with Crippen molar-refractivity contribution in [3.63, 3.8) is 0 Å². The highest BCUT2D eigenvalue weighted by atomic mass is 16.4.